The minimum Gasteiger partial charge on any atom is -0.444 e. The van der Waals surface area contributed by atoms with Crippen molar-refractivity contribution in [2.75, 3.05) is 18.8 Å². The quantitative estimate of drug-likeness (QED) is 0.858. The van der Waals surface area contributed by atoms with Crippen LogP contribution in [0.3, 0.4) is 0 Å². The summed E-state index contributed by atoms with van der Waals surface area (Å²) in [6, 6.07) is 3.73. The zero-order valence-corrected chi connectivity index (χ0v) is 14.5. The SMILES string of the molecule is Cc1ccc([S@](=O)C[C@H]2CCN(C(=O)OC(C)(C)C)C2)nc1. The Labute approximate surface area is 134 Å². The van der Waals surface area contributed by atoms with Gasteiger partial charge in [-0.1, -0.05) is 6.07 Å². The summed E-state index contributed by atoms with van der Waals surface area (Å²) >= 11 is 0. The maximum atomic E-state index is 12.3. The van der Waals surface area contributed by atoms with E-state index in [-0.39, 0.29) is 12.0 Å². The smallest absolute Gasteiger partial charge is 0.410 e. The van der Waals surface area contributed by atoms with Crippen molar-refractivity contribution in [3.05, 3.63) is 23.9 Å². The van der Waals surface area contributed by atoms with E-state index in [0.29, 0.717) is 23.9 Å². The first-order chi connectivity index (χ1) is 10.2. The van der Waals surface area contributed by atoms with Crippen LogP contribution in [0.15, 0.2) is 23.4 Å². The van der Waals surface area contributed by atoms with E-state index in [1.165, 1.54) is 0 Å². The number of aryl methyl sites for hydroxylation is 1. The number of aromatic nitrogens is 1. The van der Waals surface area contributed by atoms with Crippen LogP contribution in [0.25, 0.3) is 0 Å². The lowest BCUT2D eigenvalue weighted by Gasteiger charge is -2.24. The monoisotopic (exact) mass is 324 g/mol. The zero-order chi connectivity index (χ0) is 16.3. The largest absolute Gasteiger partial charge is 0.444 e. The Morgan fingerprint density at radius 3 is 2.77 bits per heavy atom. The van der Waals surface area contributed by atoms with Crippen LogP contribution in [0.1, 0.15) is 32.8 Å². The van der Waals surface area contributed by atoms with E-state index in [2.05, 4.69) is 4.98 Å². The fraction of sp³-hybridized carbons (Fsp3) is 0.625. The molecule has 2 atom stereocenters. The molecule has 0 aromatic carbocycles. The third-order valence-corrected chi connectivity index (χ3v) is 4.92. The first kappa shape index (κ1) is 16.9. The average molecular weight is 324 g/mol. The lowest BCUT2D eigenvalue weighted by atomic mass is 10.2. The molecule has 6 heteroatoms. The second-order valence-electron chi connectivity index (χ2n) is 6.77. The molecule has 1 aliphatic rings. The van der Waals surface area contributed by atoms with E-state index in [4.69, 9.17) is 4.74 Å². The van der Waals surface area contributed by atoms with Gasteiger partial charge < -0.3 is 9.64 Å². The van der Waals surface area contributed by atoms with Crippen molar-refractivity contribution in [1.29, 1.82) is 0 Å². The second-order valence-corrected chi connectivity index (χ2v) is 8.21. The first-order valence-corrected chi connectivity index (χ1v) is 8.85. The number of amides is 1. The number of pyridine rings is 1. The molecule has 1 aromatic heterocycles. The van der Waals surface area contributed by atoms with E-state index in [9.17, 15) is 9.00 Å². The van der Waals surface area contributed by atoms with E-state index >= 15 is 0 Å². The highest BCUT2D eigenvalue weighted by Gasteiger charge is 2.30. The molecule has 1 aliphatic heterocycles. The number of rotatable bonds is 3. The van der Waals surface area contributed by atoms with E-state index < -0.39 is 16.4 Å². The fourth-order valence-corrected chi connectivity index (χ4v) is 3.61. The maximum Gasteiger partial charge on any atom is 0.410 e. The first-order valence-electron chi connectivity index (χ1n) is 7.53. The Kier molecular flexibility index (Phi) is 5.21. The normalized spacial score (nSPS) is 20.0. The molecule has 2 heterocycles. The van der Waals surface area contributed by atoms with Gasteiger partial charge in [0, 0.05) is 25.0 Å². The Bertz CT molecular complexity index is 552. The molecule has 1 amide bonds. The summed E-state index contributed by atoms with van der Waals surface area (Å²) in [5.74, 6) is 0.770. The van der Waals surface area contributed by atoms with Gasteiger partial charge in [-0.3, -0.25) is 4.21 Å². The highest BCUT2D eigenvalue weighted by Crippen LogP contribution is 2.21. The molecule has 2 rings (SSSR count). The molecule has 1 fully saturated rings. The number of carbonyl (C=O) groups is 1. The van der Waals surface area contributed by atoms with Crippen molar-refractivity contribution in [3.63, 3.8) is 0 Å². The molecule has 0 radical (unpaired) electrons. The third-order valence-electron chi connectivity index (χ3n) is 3.44. The molecule has 122 valence electrons. The van der Waals surface area contributed by atoms with Gasteiger partial charge in [-0.05, 0) is 51.7 Å². The molecule has 0 saturated carbocycles. The van der Waals surface area contributed by atoms with Crippen molar-refractivity contribution in [2.24, 2.45) is 5.92 Å². The van der Waals surface area contributed by atoms with Crippen molar-refractivity contribution in [1.82, 2.24) is 9.88 Å². The topological polar surface area (TPSA) is 59.5 Å². The van der Waals surface area contributed by atoms with Gasteiger partial charge in [0.2, 0.25) is 0 Å². The second kappa shape index (κ2) is 6.77. The van der Waals surface area contributed by atoms with E-state index in [0.717, 1.165) is 12.0 Å². The van der Waals surface area contributed by atoms with Crippen molar-refractivity contribution in [2.45, 2.75) is 44.7 Å². The summed E-state index contributed by atoms with van der Waals surface area (Å²) in [6.07, 6.45) is 2.31. The summed E-state index contributed by atoms with van der Waals surface area (Å²) in [4.78, 5) is 17.9. The van der Waals surface area contributed by atoms with Gasteiger partial charge in [-0.15, -0.1) is 0 Å². The van der Waals surface area contributed by atoms with Gasteiger partial charge in [0.1, 0.15) is 10.6 Å². The van der Waals surface area contributed by atoms with E-state index in [1.54, 1.807) is 11.1 Å². The van der Waals surface area contributed by atoms with Gasteiger partial charge in [0.05, 0.1) is 10.8 Å². The van der Waals surface area contributed by atoms with E-state index in [1.807, 2.05) is 39.8 Å². The molecule has 1 aromatic rings. The molecule has 5 nitrogen and oxygen atoms in total. The molecular weight excluding hydrogens is 300 g/mol. The van der Waals surface area contributed by atoms with Crippen molar-refractivity contribution >= 4 is 16.9 Å². The highest BCUT2D eigenvalue weighted by molar-refractivity contribution is 7.84. The number of carbonyl (C=O) groups excluding carboxylic acids is 1. The summed E-state index contributed by atoms with van der Waals surface area (Å²) in [7, 11) is -1.12. The van der Waals surface area contributed by atoms with Gasteiger partial charge >= 0.3 is 6.09 Å². The van der Waals surface area contributed by atoms with Crippen LogP contribution in [0.5, 0.6) is 0 Å². The van der Waals surface area contributed by atoms with Gasteiger partial charge in [-0.2, -0.15) is 0 Å². The number of hydrogen-bond acceptors (Lipinski definition) is 4. The van der Waals surface area contributed by atoms with Crippen LogP contribution in [0, 0.1) is 12.8 Å². The third kappa shape index (κ3) is 4.80. The van der Waals surface area contributed by atoms with Gasteiger partial charge in [0.15, 0.2) is 0 Å². The highest BCUT2D eigenvalue weighted by atomic mass is 32.2. The number of nitrogens with zero attached hydrogens (tertiary/aromatic N) is 2. The van der Waals surface area contributed by atoms with Crippen LogP contribution in [0.2, 0.25) is 0 Å². The molecule has 0 aliphatic carbocycles. The minimum atomic E-state index is -1.12. The maximum absolute atomic E-state index is 12.3. The summed E-state index contributed by atoms with van der Waals surface area (Å²) in [5.41, 5.74) is 0.571. The standard InChI is InChI=1S/C16H24N2O3S/c1-12-5-6-14(17-9-12)22(20)11-13-7-8-18(10-13)15(19)21-16(2,3)4/h5-6,9,13H,7-8,10-11H2,1-4H3/t13-,22+/m0/s1. The predicted octanol–water partition coefficient (Wildman–Crippen LogP) is 2.75. The molecule has 0 bridgehead atoms. The van der Waals surface area contributed by atoms with Gasteiger partial charge in [0.25, 0.3) is 0 Å². The van der Waals surface area contributed by atoms with Crippen molar-refractivity contribution < 1.29 is 13.7 Å². The molecule has 0 unspecified atom stereocenters. The zero-order valence-electron chi connectivity index (χ0n) is 13.7. The Hall–Kier alpha value is -1.43. The van der Waals surface area contributed by atoms with Crippen molar-refractivity contribution in [3.8, 4) is 0 Å². The number of likely N-dealkylation sites (tertiary alicyclic amines) is 1. The Morgan fingerprint density at radius 1 is 1.45 bits per heavy atom. The molecule has 1 saturated heterocycles. The van der Waals surface area contributed by atoms with Crippen LogP contribution in [-0.4, -0.2) is 44.6 Å². The number of ether oxygens (including phenoxy) is 1. The molecule has 0 N–H and O–H groups in total. The lowest BCUT2D eigenvalue weighted by molar-refractivity contribution is 0.0289. The fourth-order valence-electron chi connectivity index (χ4n) is 2.35. The average Bonchev–Trinajstić information content (AvgIpc) is 2.86. The molecule has 22 heavy (non-hydrogen) atoms. The summed E-state index contributed by atoms with van der Waals surface area (Å²) in [5, 5.41) is 0.612. The predicted molar refractivity (Wildman–Crippen MR) is 86.2 cm³/mol. The summed E-state index contributed by atoms with van der Waals surface area (Å²) < 4.78 is 17.7. The Morgan fingerprint density at radius 2 is 2.18 bits per heavy atom. The Balaban J connectivity index is 1.87. The summed E-state index contributed by atoms with van der Waals surface area (Å²) in [6.45, 7) is 8.80. The van der Waals surface area contributed by atoms with Crippen LogP contribution < -0.4 is 0 Å². The van der Waals surface area contributed by atoms with Crippen LogP contribution in [0.4, 0.5) is 4.79 Å². The number of hydrogen-bond donors (Lipinski definition) is 0. The lowest BCUT2D eigenvalue weighted by Crippen LogP contribution is -2.35. The minimum absolute atomic E-state index is 0.233. The molecule has 0 spiro atoms. The van der Waals surface area contributed by atoms with Crippen LogP contribution >= 0.6 is 0 Å². The van der Waals surface area contributed by atoms with Crippen LogP contribution in [-0.2, 0) is 15.5 Å². The van der Waals surface area contributed by atoms with Gasteiger partial charge in [-0.25, -0.2) is 9.78 Å². The molecular formula is C16H24N2O3S.